The maximum atomic E-state index is 13.9. The minimum Gasteiger partial charge on any atom is -0.309 e. The fourth-order valence-electron chi connectivity index (χ4n) is 2.69. The van der Waals surface area contributed by atoms with Crippen molar-refractivity contribution in [2.75, 3.05) is 5.75 Å². The van der Waals surface area contributed by atoms with Gasteiger partial charge in [0.25, 0.3) is 0 Å². The van der Waals surface area contributed by atoms with E-state index in [9.17, 15) is 26.0 Å². The van der Waals surface area contributed by atoms with Crippen LogP contribution in [0.15, 0.2) is 35.4 Å². The van der Waals surface area contributed by atoms with E-state index in [1.807, 2.05) is 0 Å². The molecule has 0 atom stereocenters. The zero-order valence-corrected chi connectivity index (χ0v) is 16.4. The van der Waals surface area contributed by atoms with Gasteiger partial charge in [0, 0.05) is 18.8 Å². The molecule has 0 saturated heterocycles. The Kier molecular flexibility index (Phi) is 5.34. The molecule has 0 spiro atoms. The number of halogens is 4. The minimum atomic E-state index is -4.78. The highest BCUT2D eigenvalue weighted by Gasteiger charge is 2.34. The normalized spacial score (nSPS) is 12.0. The van der Waals surface area contributed by atoms with Gasteiger partial charge in [-0.1, -0.05) is 6.92 Å². The molecule has 0 radical (unpaired) electrons. The van der Waals surface area contributed by atoms with E-state index in [2.05, 4.69) is 15.2 Å². The smallest absolute Gasteiger partial charge is 0.309 e. The molecule has 0 bridgehead atoms. The van der Waals surface area contributed by atoms with Crippen molar-refractivity contribution < 1.29 is 26.0 Å². The number of sulfone groups is 1. The summed E-state index contributed by atoms with van der Waals surface area (Å²) in [5.74, 6) is -1.25. The summed E-state index contributed by atoms with van der Waals surface area (Å²) in [4.78, 5) is 3.07. The van der Waals surface area contributed by atoms with Crippen LogP contribution >= 0.6 is 0 Å². The quantitative estimate of drug-likeness (QED) is 0.578. The highest BCUT2D eigenvalue weighted by molar-refractivity contribution is 7.91. The molecule has 0 aliphatic rings. The zero-order valence-electron chi connectivity index (χ0n) is 15.6. The number of benzene rings is 1. The average molecular weight is 439 g/mol. The molecule has 0 fully saturated rings. The van der Waals surface area contributed by atoms with Gasteiger partial charge in [0.05, 0.1) is 21.8 Å². The van der Waals surface area contributed by atoms with Crippen molar-refractivity contribution in [3.63, 3.8) is 0 Å². The first-order chi connectivity index (χ1) is 14.0. The Morgan fingerprint density at radius 3 is 2.40 bits per heavy atom. The Hall–Kier alpha value is -3.33. The fourth-order valence-corrected chi connectivity index (χ4v) is 3.75. The number of rotatable bonds is 4. The van der Waals surface area contributed by atoms with Gasteiger partial charge in [0.1, 0.15) is 17.6 Å². The van der Waals surface area contributed by atoms with Crippen LogP contribution in [0.2, 0.25) is 0 Å². The average Bonchev–Trinajstić information content (AvgIpc) is 3.08. The number of hydrogen-bond acceptors (Lipinski definition) is 6. The molecule has 0 N–H and O–H groups in total. The van der Waals surface area contributed by atoms with Crippen molar-refractivity contribution >= 4 is 9.84 Å². The zero-order chi connectivity index (χ0) is 22.3. The maximum Gasteiger partial charge on any atom is 0.417 e. The Balaban J connectivity index is 2.20. The molecule has 156 valence electrons. The van der Waals surface area contributed by atoms with E-state index in [0.717, 1.165) is 6.07 Å². The van der Waals surface area contributed by atoms with Gasteiger partial charge in [-0.25, -0.2) is 12.8 Å². The van der Waals surface area contributed by atoms with Crippen LogP contribution in [0.5, 0.6) is 0 Å². The van der Waals surface area contributed by atoms with Gasteiger partial charge >= 0.3 is 6.18 Å². The van der Waals surface area contributed by atoms with Crippen LogP contribution in [-0.4, -0.2) is 33.9 Å². The van der Waals surface area contributed by atoms with E-state index in [-0.39, 0.29) is 28.5 Å². The predicted molar refractivity (Wildman–Crippen MR) is 97.1 cm³/mol. The van der Waals surface area contributed by atoms with Crippen molar-refractivity contribution in [2.24, 2.45) is 7.05 Å². The molecule has 12 heteroatoms. The molecular formula is C18H13F4N5O2S. The second-order valence-electron chi connectivity index (χ2n) is 6.18. The van der Waals surface area contributed by atoms with Crippen molar-refractivity contribution in [1.29, 1.82) is 5.26 Å². The van der Waals surface area contributed by atoms with Crippen molar-refractivity contribution in [3.05, 3.63) is 47.4 Å². The van der Waals surface area contributed by atoms with E-state index in [0.29, 0.717) is 12.3 Å². The van der Waals surface area contributed by atoms with Gasteiger partial charge in [-0.05, 0) is 24.3 Å². The van der Waals surface area contributed by atoms with Crippen LogP contribution in [0.1, 0.15) is 18.1 Å². The summed E-state index contributed by atoms with van der Waals surface area (Å²) in [6.07, 6.45) is -4.27. The lowest BCUT2D eigenvalue weighted by Crippen LogP contribution is -2.13. The Bertz CT molecular complexity index is 1280. The van der Waals surface area contributed by atoms with E-state index >= 15 is 0 Å². The largest absolute Gasteiger partial charge is 0.417 e. The van der Waals surface area contributed by atoms with Crippen LogP contribution in [0, 0.1) is 17.1 Å². The second kappa shape index (κ2) is 7.49. The van der Waals surface area contributed by atoms with Crippen LogP contribution in [-0.2, 0) is 23.1 Å². The molecule has 0 aliphatic carbocycles. The summed E-state index contributed by atoms with van der Waals surface area (Å²) in [6, 6.07) is 5.90. The van der Waals surface area contributed by atoms with Gasteiger partial charge < -0.3 is 4.57 Å². The second-order valence-corrected chi connectivity index (χ2v) is 8.43. The molecule has 3 rings (SSSR count). The predicted octanol–water partition coefficient (Wildman–Crippen LogP) is 3.37. The van der Waals surface area contributed by atoms with Crippen LogP contribution in [0.25, 0.3) is 22.9 Å². The summed E-state index contributed by atoms with van der Waals surface area (Å²) in [5.41, 5.74) is -1.46. The molecule has 3 aromatic rings. The highest BCUT2D eigenvalue weighted by atomic mass is 32.2. The van der Waals surface area contributed by atoms with Gasteiger partial charge in [-0.3, -0.25) is 4.98 Å². The van der Waals surface area contributed by atoms with Gasteiger partial charge in [-0.15, -0.1) is 10.2 Å². The van der Waals surface area contributed by atoms with Crippen LogP contribution in [0.4, 0.5) is 17.6 Å². The number of alkyl halides is 3. The number of pyridine rings is 1. The Morgan fingerprint density at radius 2 is 1.83 bits per heavy atom. The summed E-state index contributed by atoms with van der Waals surface area (Å²) in [6.45, 7) is 1.29. The molecule has 2 aromatic heterocycles. The summed E-state index contributed by atoms with van der Waals surface area (Å²) >= 11 is 0. The number of nitriles is 1. The number of aromatic nitrogens is 4. The third kappa shape index (κ3) is 3.76. The highest BCUT2D eigenvalue weighted by Crippen LogP contribution is 2.34. The molecular weight excluding hydrogens is 426 g/mol. The third-order valence-electron chi connectivity index (χ3n) is 4.33. The topological polar surface area (TPSA) is 102 Å². The first kappa shape index (κ1) is 21.4. The molecule has 0 aliphatic heterocycles. The lowest BCUT2D eigenvalue weighted by molar-refractivity contribution is -0.138. The van der Waals surface area contributed by atoms with Crippen LogP contribution in [0.3, 0.4) is 0 Å². The van der Waals surface area contributed by atoms with Crippen molar-refractivity contribution in [2.45, 2.75) is 18.0 Å². The maximum absolute atomic E-state index is 13.9. The van der Waals surface area contributed by atoms with Gasteiger partial charge in [0.15, 0.2) is 21.5 Å². The molecule has 1 aromatic carbocycles. The first-order valence-corrected chi connectivity index (χ1v) is 10.0. The Labute approximate surface area is 168 Å². The van der Waals surface area contributed by atoms with E-state index in [4.69, 9.17) is 5.26 Å². The lowest BCUT2D eigenvalue weighted by atomic mass is 10.1. The van der Waals surface area contributed by atoms with E-state index in [1.165, 1.54) is 30.7 Å². The Morgan fingerprint density at radius 1 is 1.17 bits per heavy atom. The van der Waals surface area contributed by atoms with Crippen molar-refractivity contribution in [3.8, 4) is 29.0 Å². The standard InChI is InChI=1S/C18H13F4N5O2S/c1-3-30(28,29)14-7-12(18(20,21)22)9-24-15(14)17-26-25-16(27(17)2)10-4-5-11(8-23)13(19)6-10/h4-7,9H,3H2,1-2H3. The summed E-state index contributed by atoms with van der Waals surface area (Å²) < 4.78 is 79.3. The summed E-state index contributed by atoms with van der Waals surface area (Å²) in [5, 5.41) is 16.6. The number of nitrogens with zero attached hydrogens (tertiary/aromatic N) is 5. The monoisotopic (exact) mass is 439 g/mol. The number of hydrogen-bond donors (Lipinski definition) is 0. The third-order valence-corrected chi connectivity index (χ3v) is 6.07. The SMILES string of the molecule is CCS(=O)(=O)c1cc(C(F)(F)F)cnc1-c1nnc(-c2ccc(C#N)c(F)c2)n1C. The molecule has 7 nitrogen and oxygen atoms in total. The van der Waals surface area contributed by atoms with Gasteiger partial charge in [0.2, 0.25) is 0 Å². The molecule has 0 unspecified atom stereocenters. The van der Waals surface area contributed by atoms with Gasteiger partial charge in [-0.2, -0.15) is 18.4 Å². The van der Waals surface area contributed by atoms with E-state index < -0.39 is 38.0 Å². The molecule has 30 heavy (non-hydrogen) atoms. The molecule has 0 saturated carbocycles. The fraction of sp³-hybridized carbons (Fsp3) is 0.222. The van der Waals surface area contributed by atoms with Crippen LogP contribution < -0.4 is 0 Å². The molecule has 0 amide bonds. The first-order valence-electron chi connectivity index (χ1n) is 8.39. The van der Waals surface area contributed by atoms with E-state index in [1.54, 1.807) is 6.07 Å². The summed E-state index contributed by atoms with van der Waals surface area (Å²) in [7, 11) is -2.65. The van der Waals surface area contributed by atoms with Crippen molar-refractivity contribution in [1.82, 2.24) is 19.7 Å². The minimum absolute atomic E-state index is 0.106. The molecule has 2 heterocycles. The lowest BCUT2D eigenvalue weighted by Gasteiger charge is -2.12.